The molecule has 1 aromatic heterocycles. The van der Waals surface area contributed by atoms with Gasteiger partial charge in [0.15, 0.2) is 0 Å². The topological polar surface area (TPSA) is 50.2 Å². The minimum absolute atomic E-state index is 0.130. The molecule has 0 saturated carbocycles. The van der Waals surface area contributed by atoms with Crippen LogP contribution in [0.25, 0.3) is 0 Å². The highest BCUT2D eigenvalue weighted by Crippen LogP contribution is 2.25. The molecule has 1 rings (SSSR count). The lowest BCUT2D eigenvalue weighted by Gasteiger charge is -2.07. The number of carboxylic acids is 1. The number of nitrogens with zero attached hydrogens (tertiary/aromatic N) is 1. The van der Waals surface area contributed by atoms with Crippen molar-refractivity contribution in [3.63, 3.8) is 0 Å². The van der Waals surface area contributed by atoms with Crippen LogP contribution in [-0.4, -0.2) is 16.1 Å². The molecule has 7 heteroatoms. The van der Waals surface area contributed by atoms with Crippen LogP contribution in [0.1, 0.15) is 28.0 Å². The summed E-state index contributed by atoms with van der Waals surface area (Å²) in [5.74, 6) is -3.50. The third-order valence-electron chi connectivity index (χ3n) is 1.64. The van der Waals surface area contributed by atoms with E-state index in [4.69, 9.17) is 16.7 Å². The minimum atomic E-state index is -3.09. The zero-order chi connectivity index (χ0) is 11.6. The van der Waals surface area contributed by atoms with Crippen molar-refractivity contribution in [2.45, 2.75) is 12.3 Å². The molecule has 0 aliphatic rings. The van der Waals surface area contributed by atoms with E-state index in [1.807, 2.05) is 0 Å². The lowest BCUT2D eigenvalue weighted by Crippen LogP contribution is -2.10. The molecule has 82 valence electrons. The summed E-state index contributed by atoms with van der Waals surface area (Å²) in [6, 6.07) is 0.782. The molecular formula is C8H5ClF3NO2. The Kier molecular flexibility index (Phi) is 3.52. The SMILES string of the molecule is O=C(O)c1c(C(F)F)cc(CCl)nc1F. The highest BCUT2D eigenvalue weighted by atomic mass is 35.5. The van der Waals surface area contributed by atoms with Gasteiger partial charge >= 0.3 is 5.97 Å². The third kappa shape index (κ3) is 2.38. The molecule has 0 saturated heterocycles. The van der Waals surface area contributed by atoms with Crippen molar-refractivity contribution in [2.24, 2.45) is 0 Å². The summed E-state index contributed by atoms with van der Waals surface area (Å²) in [6.45, 7) is 0. The summed E-state index contributed by atoms with van der Waals surface area (Å²) < 4.78 is 37.8. The first-order chi connectivity index (χ1) is 6.97. The normalized spacial score (nSPS) is 10.7. The van der Waals surface area contributed by atoms with Crippen molar-refractivity contribution in [1.29, 1.82) is 0 Å². The average molecular weight is 240 g/mol. The molecule has 0 fully saturated rings. The second-order valence-electron chi connectivity index (χ2n) is 2.61. The number of carboxylic acid groups (broad SMARTS) is 1. The number of carbonyl (C=O) groups is 1. The molecule has 0 bridgehead atoms. The minimum Gasteiger partial charge on any atom is -0.478 e. The number of hydrogen-bond acceptors (Lipinski definition) is 2. The number of alkyl halides is 3. The molecule has 1 N–H and O–H groups in total. The van der Waals surface area contributed by atoms with Crippen LogP contribution in [-0.2, 0) is 5.88 Å². The molecule has 15 heavy (non-hydrogen) atoms. The van der Waals surface area contributed by atoms with Crippen LogP contribution in [0.5, 0.6) is 0 Å². The van der Waals surface area contributed by atoms with E-state index < -0.39 is 29.5 Å². The Hall–Kier alpha value is -1.30. The Labute approximate surface area is 87.5 Å². The maximum absolute atomic E-state index is 13.0. The number of hydrogen-bond donors (Lipinski definition) is 1. The molecule has 0 aromatic carbocycles. The second kappa shape index (κ2) is 4.48. The van der Waals surface area contributed by atoms with Gasteiger partial charge in [-0.1, -0.05) is 0 Å². The van der Waals surface area contributed by atoms with Crippen LogP contribution in [0, 0.1) is 5.95 Å². The molecule has 0 atom stereocenters. The number of aromatic carboxylic acids is 1. The van der Waals surface area contributed by atoms with Gasteiger partial charge in [0.2, 0.25) is 5.95 Å². The summed E-state index contributed by atoms with van der Waals surface area (Å²) in [6.07, 6.45) is -3.09. The average Bonchev–Trinajstić information content (AvgIpc) is 2.15. The largest absolute Gasteiger partial charge is 0.478 e. The third-order valence-corrected chi connectivity index (χ3v) is 1.92. The zero-order valence-corrected chi connectivity index (χ0v) is 7.93. The monoisotopic (exact) mass is 239 g/mol. The van der Waals surface area contributed by atoms with E-state index in [-0.39, 0.29) is 11.6 Å². The van der Waals surface area contributed by atoms with Crippen LogP contribution in [0.2, 0.25) is 0 Å². The predicted octanol–water partition coefficient (Wildman–Crippen LogP) is 2.60. The lowest BCUT2D eigenvalue weighted by molar-refractivity contribution is 0.0677. The van der Waals surface area contributed by atoms with Gasteiger partial charge in [-0.2, -0.15) is 4.39 Å². The molecule has 0 aliphatic heterocycles. The van der Waals surface area contributed by atoms with E-state index in [9.17, 15) is 18.0 Å². The second-order valence-corrected chi connectivity index (χ2v) is 2.88. The summed E-state index contributed by atoms with van der Waals surface area (Å²) in [4.78, 5) is 13.6. The van der Waals surface area contributed by atoms with E-state index in [2.05, 4.69) is 4.98 Å². The fraction of sp³-hybridized carbons (Fsp3) is 0.250. The van der Waals surface area contributed by atoms with Gasteiger partial charge in [-0.3, -0.25) is 0 Å². The van der Waals surface area contributed by atoms with Crippen molar-refractivity contribution in [1.82, 2.24) is 4.98 Å². The Morgan fingerprint density at radius 2 is 2.20 bits per heavy atom. The molecule has 1 heterocycles. The molecule has 3 nitrogen and oxygen atoms in total. The molecule has 0 amide bonds. The fourth-order valence-electron chi connectivity index (χ4n) is 1.04. The van der Waals surface area contributed by atoms with Crippen LogP contribution >= 0.6 is 11.6 Å². The van der Waals surface area contributed by atoms with Crippen molar-refractivity contribution in [3.05, 3.63) is 28.8 Å². The van der Waals surface area contributed by atoms with E-state index >= 15 is 0 Å². The Morgan fingerprint density at radius 1 is 1.60 bits per heavy atom. The van der Waals surface area contributed by atoms with Gasteiger partial charge in [0.05, 0.1) is 11.6 Å². The lowest BCUT2D eigenvalue weighted by atomic mass is 10.1. The van der Waals surface area contributed by atoms with Gasteiger partial charge < -0.3 is 5.11 Å². The van der Waals surface area contributed by atoms with E-state index in [0.717, 1.165) is 6.07 Å². The van der Waals surface area contributed by atoms with E-state index in [0.29, 0.717) is 0 Å². The van der Waals surface area contributed by atoms with E-state index in [1.165, 1.54) is 0 Å². The van der Waals surface area contributed by atoms with Crippen molar-refractivity contribution >= 4 is 17.6 Å². The van der Waals surface area contributed by atoms with Crippen LogP contribution < -0.4 is 0 Å². The van der Waals surface area contributed by atoms with Gasteiger partial charge in [0.25, 0.3) is 6.43 Å². The van der Waals surface area contributed by atoms with Gasteiger partial charge in [0, 0.05) is 5.56 Å². The molecule has 0 aliphatic carbocycles. The highest BCUT2D eigenvalue weighted by molar-refractivity contribution is 6.16. The zero-order valence-electron chi connectivity index (χ0n) is 7.18. The first kappa shape index (κ1) is 11.8. The molecule has 0 unspecified atom stereocenters. The first-order valence-corrected chi connectivity index (χ1v) is 4.27. The standard InChI is InChI=1S/C8H5ClF3NO2/c9-2-3-1-4(6(10)11)5(8(14)15)7(12)13-3/h1,6H,2H2,(H,14,15). The van der Waals surface area contributed by atoms with Crippen molar-refractivity contribution < 1.29 is 23.1 Å². The van der Waals surface area contributed by atoms with Gasteiger partial charge in [-0.25, -0.2) is 18.6 Å². The van der Waals surface area contributed by atoms with Gasteiger partial charge in [-0.15, -0.1) is 11.6 Å². The predicted molar refractivity (Wildman–Crippen MR) is 45.7 cm³/mol. The number of pyridine rings is 1. The van der Waals surface area contributed by atoms with Gasteiger partial charge in [0.1, 0.15) is 5.56 Å². The Morgan fingerprint density at radius 3 is 2.60 bits per heavy atom. The maximum atomic E-state index is 13.0. The first-order valence-electron chi connectivity index (χ1n) is 3.74. The van der Waals surface area contributed by atoms with Crippen LogP contribution in [0.3, 0.4) is 0 Å². The van der Waals surface area contributed by atoms with Crippen molar-refractivity contribution in [3.8, 4) is 0 Å². The fourth-order valence-corrected chi connectivity index (χ4v) is 1.17. The van der Waals surface area contributed by atoms with Crippen molar-refractivity contribution in [2.75, 3.05) is 0 Å². The summed E-state index contributed by atoms with van der Waals surface area (Å²) in [7, 11) is 0. The summed E-state index contributed by atoms with van der Waals surface area (Å²) >= 11 is 5.29. The molecular weight excluding hydrogens is 235 g/mol. The summed E-state index contributed by atoms with van der Waals surface area (Å²) in [5.41, 5.74) is -2.15. The molecule has 0 spiro atoms. The van der Waals surface area contributed by atoms with Crippen LogP contribution in [0.4, 0.5) is 13.2 Å². The van der Waals surface area contributed by atoms with Crippen LogP contribution in [0.15, 0.2) is 6.07 Å². The highest BCUT2D eigenvalue weighted by Gasteiger charge is 2.24. The summed E-state index contributed by atoms with van der Waals surface area (Å²) in [5, 5.41) is 8.51. The number of rotatable bonds is 3. The van der Waals surface area contributed by atoms with Gasteiger partial charge in [-0.05, 0) is 6.07 Å². The molecule has 1 aromatic rings. The molecule has 0 radical (unpaired) electrons. The number of halogens is 4. The quantitative estimate of drug-likeness (QED) is 0.652. The Balaban J connectivity index is 3.42. The maximum Gasteiger partial charge on any atom is 0.340 e. The Bertz CT molecular complexity index is 398. The number of aromatic nitrogens is 1. The van der Waals surface area contributed by atoms with E-state index in [1.54, 1.807) is 0 Å². The smallest absolute Gasteiger partial charge is 0.340 e.